The van der Waals surface area contributed by atoms with Crippen LogP contribution in [0.4, 0.5) is 23.7 Å². The zero-order valence-electron chi connectivity index (χ0n) is 14.7. The molecule has 3 aromatic rings. The molecule has 2 N–H and O–H groups in total. The van der Waals surface area contributed by atoms with Crippen molar-refractivity contribution >= 4 is 33.5 Å². The molecule has 0 aliphatic heterocycles. The van der Waals surface area contributed by atoms with E-state index in [1.165, 1.54) is 0 Å². The zero-order chi connectivity index (χ0) is 20.1. The molecular weight excluding hydrogens is 388 g/mol. The molecule has 0 aliphatic rings. The van der Waals surface area contributed by atoms with Gasteiger partial charge in [-0.2, -0.15) is 0 Å². The van der Waals surface area contributed by atoms with Crippen molar-refractivity contribution in [1.82, 2.24) is 4.98 Å². The Morgan fingerprint density at radius 2 is 1.86 bits per heavy atom. The highest BCUT2D eigenvalue weighted by Gasteiger charge is 2.19. The lowest BCUT2D eigenvalue weighted by Gasteiger charge is -2.06. The molecule has 1 aromatic heterocycles. The topological polar surface area (TPSA) is 80.3 Å². The number of hydrogen-bond donors (Lipinski definition) is 2. The minimum atomic E-state index is -0.979. The number of thiazole rings is 1. The van der Waals surface area contributed by atoms with Crippen molar-refractivity contribution in [3.05, 3.63) is 65.7 Å². The van der Waals surface area contributed by atoms with E-state index in [-0.39, 0.29) is 17.3 Å². The number of aromatic nitrogens is 1. The van der Waals surface area contributed by atoms with Gasteiger partial charge >= 0.3 is 6.09 Å². The fraction of sp³-hybridized carbons (Fsp3) is 0.105. The number of amides is 2. The summed E-state index contributed by atoms with van der Waals surface area (Å²) in [6, 6.07) is 11.6. The Morgan fingerprint density at radius 1 is 1.11 bits per heavy atom. The van der Waals surface area contributed by atoms with Crippen LogP contribution in [-0.4, -0.2) is 23.6 Å². The van der Waals surface area contributed by atoms with Crippen molar-refractivity contribution in [3.63, 3.8) is 0 Å². The molecular formula is C19H15F2N3O3S. The van der Waals surface area contributed by atoms with Gasteiger partial charge in [0.25, 0.3) is 5.91 Å². The Kier molecular flexibility index (Phi) is 5.95. The molecule has 0 atom stereocenters. The average molecular weight is 403 g/mol. The van der Waals surface area contributed by atoms with Crippen molar-refractivity contribution in [2.24, 2.45) is 0 Å². The van der Waals surface area contributed by atoms with Gasteiger partial charge in [0, 0.05) is 11.6 Å². The Bertz CT molecular complexity index is 1010. The number of hydrogen-bond acceptors (Lipinski definition) is 5. The van der Waals surface area contributed by atoms with E-state index in [9.17, 15) is 18.4 Å². The fourth-order valence-electron chi connectivity index (χ4n) is 2.35. The number of nitrogens with one attached hydrogen (secondary N) is 2. The molecule has 0 unspecified atom stereocenters. The molecule has 6 nitrogen and oxygen atoms in total. The smallest absolute Gasteiger partial charge is 0.413 e. The summed E-state index contributed by atoms with van der Waals surface area (Å²) in [6.07, 6.45) is -0.682. The molecule has 9 heteroatoms. The number of anilines is 2. The molecule has 144 valence electrons. The summed E-state index contributed by atoms with van der Waals surface area (Å²) in [7, 11) is 0. The Labute approximate surface area is 163 Å². The maximum atomic E-state index is 13.9. The lowest BCUT2D eigenvalue weighted by molar-refractivity contribution is 0.102. The molecule has 2 amide bonds. The average Bonchev–Trinajstić information content (AvgIpc) is 3.04. The molecule has 0 saturated heterocycles. The predicted molar refractivity (Wildman–Crippen MR) is 103 cm³/mol. The summed E-state index contributed by atoms with van der Waals surface area (Å²) >= 11 is 0.989. The van der Waals surface area contributed by atoms with Gasteiger partial charge in [0.1, 0.15) is 22.3 Å². The summed E-state index contributed by atoms with van der Waals surface area (Å²) in [5.74, 6) is -2.52. The standard InChI is InChI=1S/C19H15F2N3O3S/c1-2-27-19(26)24-18-22-15(11-6-4-3-5-7-11)17(28-18)23-16(25)13-9-8-12(20)10-14(13)21/h3-10H,2H2,1H3,(H,23,25)(H,22,24,26). The second-order valence-corrected chi connectivity index (χ2v) is 6.49. The van der Waals surface area contributed by atoms with Crippen LogP contribution in [0, 0.1) is 11.6 Å². The summed E-state index contributed by atoms with van der Waals surface area (Å²) < 4.78 is 31.8. The van der Waals surface area contributed by atoms with E-state index in [0.717, 1.165) is 23.5 Å². The molecule has 3 rings (SSSR count). The lowest BCUT2D eigenvalue weighted by atomic mass is 10.1. The fourth-order valence-corrected chi connectivity index (χ4v) is 3.22. The van der Waals surface area contributed by atoms with Crippen LogP contribution in [0.5, 0.6) is 0 Å². The second-order valence-electron chi connectivity index (χ2n) is 5.49. The normalized spacial score (nSPS) is 10.4. The molecule has 2 aromatic carbocycles. The van der Waals surface area contributed by atoms with Crippen molar-refractivity contribution in [2.45, 2.75) is 6.92 Å². The van der Waals surface area contributed by atoms with Crippen molar-refractivity contribution in [3.8, 4) is 11.3 Å². The third kappa shape index (κ3) is 4.49. The van der Waals surface area contributed by atoms with Crippen LogP contribution in [0.25, 0.3) is 11.3 Å². The van der Waals surface area contributed by atoms with Crippen molar-refractivity contribution < 1.29 is 23.1 Å². The minimum Gasteiger partial charge on any atom is -0.450 e. The van der Waals surface area contributed by atoms with E-state index in [4.69, 9.17) is 4.74 Å². The van der Waals surface area contributed by atoms with Crippen LogP contribution in [0.15, 0.2) is 48.5 Å². The van der Waals surface area contributed by atoms with E-state index in [0.29, 0.717) is 22.3 Å². The summed E-state index contributed by atoms with van der Waals surface area (Å²) in [6.45, 7) is 1.86. The third-order valence-electron chi connectivity index (χ3n) is 3.56. The molecule has 1 heterocycles. The zero-order valence-corrected chi connectivity index (χ0v) is 15.5. The summed E-state index contributed by atoms with van der Waals surface area (Å²) in [5, 5.41) is 5.55. The minimum absolute atomic E-state index is 0.191. The van der Waals surface area contributed by atoms with Gasteiger partial charge in [-0.1, -0.05) is 41.7 Å². The molecule has 0 saturated carbocycles. The van der Waals surface area contributed by atoms with Crippen molar-refractivity contribution in [1.29, 1.82) is 0 Å². The largest absolute Gasteiger partial charge is 0.450 e. The number of ether oxygens (including phenoxy) is 1. The highest BCUT2D eigenvalue weighted by atomic mass is 32.1. The van der Waals surface area contributed by atoms with Gasteiger partial charge in [-0.25, -0.2) is 18.6 Å². The number of carbonyl (C=O) groups excluding carboxylic acids is 2. The molecule has 0 aliphatic carbocycles. The highest BCUT2D eigenvalue weighted by Crippen LogP contribution is 2.36. The first kappa shape index (κ1) is 19.4. The van der Waals surface area contributed by atoms with Gasteiger partial charge in [-0.15, -0.1) is 0 Å². The Morgan fingerprint density at radius 3 is 2.54 bits per heavy atom. The maximum absolute atomic E-state index is 13.9. The Balaban J connectivity index is 1.92. The van der Waals surface area contributed by atoms with Crippen LogP contribution in [0.2, 0.25) is 0 Å². The van der Waals surface area contributed by atoms with Gasteiger partial charge in [-0.05, 0) is 19.1 Å². The SMILES string of the molecule is CCOC(=O)Nc1nc(-c2ccccc2)c(NC(=O)c2ccc(F)cc2F)s1. The van der Waals surface area contributed by atoms with E-state index < -0.39 is 23.6 Å². The first-order valence-electron chi connectivity index (χ1n) is 8.24. The number of nitrogens with zero attached hydrogens (tertiary/aromatic N) is 1. The van der Waals surface area contributed by atoms with Crippen LogP contribution in [-0.2, 0) is 4.74 Å². The number of halogens is 2. The van der Waals surface area contributed by atoms with E-state index in [1.807, 2.05) is 6.07 Å². The van der Waals surface area contributed by atoms with Gasteiger partial charge in [0.15, 0.2) is 5.13 Å². The summed E-state index contributed by atoms with van der Waals surface area (Å²) in [4.78, 5) is 28.4. The van der Waals surface area contributed by atoms with E-state index >= 15 is 0 Å². The van der Waals surface area contributed by atoms with Crippen LogP contribution < -0.4 is 10.6 Å². The molecule has 0 radical (unpaired) electrons. The predicted octanol–water partition coefficient (Wildman–Crippen LogP) is 4.91. The van der Waals surface area contributed by atoms with E-state index in [2.05, 4.69) is 15.6 Å². The first-order chi connectivity index (χ1) is 13.5. The number of benzene rings is 2. The van der Waals surface area contributed by atoms with Crippen LogP contribution >= 0.6 is 11.3 Å². The van der Waals surface area contributed by atoms with Gasteiger partial charge in [0.2, 0.25) is 0 Å². The van der Waals surface area contributed by atoms with Gasteiger partial charge in [-0.3, -0.25) is 10.1 Å². The number of rotatable bonds is 5. The van der Waals surface area contributed by atoms with Crippen molar-refractivity contribution in [2.75, 3.05) is 17.2 Å². The molecule has 0 bridgehead atoms. The Hall–Kier alpha value is -3.33. The number of carbonyl (C=O) groups is 2. The second kappa shape index (κ2) is 8.57. The summed E-state index contributed by atoms with van der Waals surface area (Å²) in [5.41, 5.74) is 0.771. The van der Waals surface area contributed by atoms with E-state index in [1.54, 1.807) is 31.2 Å². The van der Waals surface area contributed by atoms with Crippen LogP contribution in [0.1, 0.15) is 17.3 Å². The van der Waals surface area contributed by atoms with Gasteiger partial charge < -0.3 is 10.1 Å². The lowest BCUT2D eigenvalue weighted by Crippen LogP contribution is -2.13. The molecule has 0 fully saturated rings. The molecule has 0 spiro atoms. The third-order valence-corrected chi connectivity index (χ3v) is 4.45. The van der Waals surface area contributed by atoms with Crippen LogP contribution in [0.3, 0.4) is 0 Å². The maximum Gasteiger partial charge on any atom is 0.413 e. The first-order valence-corrected chi connectivity index (χ1v) is 9.06. The highest BCUT2D eigenvalue weighted by molar-refractivity contribution is 7.20. The monoisotopic (exact) mass is 403 g/mol. The molecule has 28 heavy (non-hydrogen) atoms. The quantitative estimate of drug-likeness (QED) is 0.634. The van der Waals surface area contributed by atoms with Gasteiger partial charge in [0.05, 0.1) is 12.2 Å².